The summed E-state index contributed by atoms with van der Waals surface area (Å²) in [4.78, 5) is 36.6. The number of anilines is 1. The number of carbonyl (C=O) groups excluding carboxylic acids is 2. The van der Waals surface area contributed by atoms with E-state index in [1.807, 2.05) is 4.90 Å². The Bertz CT molecular complexity index is 1000. The van der Waals surface area contributed by atoms with E-state index in [1.54, 1.807) is 10.3 Å². The quantitative estimate of drug-likeness (QED) is 0.482. The zero-order valence-electron chi connectivity index (χ0n) is 18.8. The number of halogens is 3. The van der Waals surface area contributed by atoms with E-state index >= 15 is 0 Å². The van der Waals surface area contributed by atoms with Gasteiger partial charge in [0.2, 0.25) is 5.91 Å². The molecule has 1 saturated heterocycles. The molecule has 0 aromatic carbocycles. The van der Waals surface area contributed by atoms with E-state index in [4.69, 9.17) is 14.7 Å². The first-order chi connectivity index (χ1) is 16.7. The Balaban J connectivity index is 1.46. The SMILES string of the molecule is COC[C@@H](COCCC(=O)N1CCN(c2ncc(C#N)s2)CC1)N=C1C=NNC(=O)C1C(F)(F)F. The summed E-state index contributed by atoms with van der Waals surface area (Å²) in [5.74, 6) is -3.83. The van der Waals surface area contributed by atoms with Gasteiger partial charge in [-0.15, -0.1) is 0 Å². The van der Waals surface area contributed by atoms with Crippen molar-refractivity contribution in [2.24, 2.45) is 16.0 Å². The maximum Gasteiger partial charge on any atom is 0.406 e. The van der Waals surface area contributed by atoms with Crippen molar-refractivity contribution >= 4 is 40.2 Å². The number of nitrogens with zero attached hydrogens (tertiary/aromatic N) is 6. The highest BCUT2D eigenvalue weighted by atomic mass is 32.1. The van der Waals surface area contributed by atoms with Crippen molar-refractivity contribution < 1.29 is 32.2 Å². The van der Waals surface area contributed by atoms with E-state index < -0.39 is 29.8 Å². The highest BCUT2D eigenvalue weighted by Crippen LogP contribution is 2.29. The van der Waals surface area contributed by atoms with Crippen LogP contribution < -0.4 is 10.3 Å². The molecule has 2 aliphatic rings. The number of hydrogen-bond donors (Lipinski definition) is 1. The number of piperazine rings is 1. The first-order valence-electron chi connectivity index (χ1n) is 10.7. The number of amides is 2. The van der Waals surface area contributed by atoms with Crippen LogP contribution in [0.4, 0.5) is 18.3 Å². The molecule has 0 spiro atoms. The molecule has 1 aromatic rings. The number of rotatable bonds is 9. The molecule has 15 heteroatoms. The molecule has 0 bridgehead atoms. The number of nitrogens with one attached hydrogen (secondary N) is 1. The van der Waals surface area contributed by atoms with Gasteiger partial charge < -0.3 is 19.3 Å². The molecule has 2 aliphatic heterocycles. The zero-order valence-corrected chi connectivity index (χ0v) is 19.6. The maximum atomic E-state index is 13.3. The van der Waals surface area contributed by atoms with Gasteiger partial charge in [0, 0.05) is 33.3 Å². The van der Waals surface area contributed by atoms with Crippen LogP contribution in [-0.2, 0) is 19.1 Å². The van der Waals surface area contributed by atoms with Gasteiger partial charge in [-0.05, 0) is 0 Å². The van der Waals surface area contributed by atoms with Crippen molar-refractivity contribution in [3.05, 3.63) is 11.1 Å². The third-order valence-electron chi connectivity index (χ3n) is 5.22. The van der Waals surface area contributed by atoms with Gasteiger partial charge in [-0.2, -0.15) is 23.5 Å². The number of methoxy groups -OCH3 is 1. The topological polar surface area (TPSA) is 133 Å². The summed E-state index contributed by atoms with van der Waals surface area (Å²) in [7, 11) is 1.37. The van der Waals surface area contributed by atoms with Crippen molar-refractivity contribution in [3.8, 4) is 6.07 Å². The fourth-order valence-corrected chi connectivity index (χ4v) is 4.30. The number of nitriles is 1. The van der Waals surface area contributed by atoms with Gasteiger partial charge in [-0.25, -0.2) is 10.4 Å². The predicted octanol–water partition coefficient (Wildman–Crippen LogP) is 0.820. The Morgan fingerprint density at radius 2 is 2.11 bits per heavy atom. The average molecular weight is 516 g/mol. The molecule has 1 unspecified atom stereocenters. The van der Waals surface area contributed by atoms with Gasteiger partial charge in [-0.1, -0.05) is 11.3 Å². The van der Waals surface area contributed by atoms with Crippen molar-refractivity contribution in [1.82, 2.24) is 15.3 Å². The van der Waals surface area contributed by atoms with Gasteiger partial charge in [0.15, 0.2) is 11.0 Å². The van der Waals surface area contributed by atoms with E-state index in [9.17, 15) is 22.8 Å². The highest BCUT2D eigenvalue weighted by molar-refractivity contribution is 7.16. The normalized spacial score (nSPS) is 20.6. The minimum atomic E-state index is -4.82. The summed E-state index contributed by atoms with van der Waals surface area (Å²) in [5.41, 5.74) is 1.27. The predicted molar refractivity (Wildman–Crippen MR) is 120 cm³/mol. The minimum absolute atomic E-state index is 0.0380. The summed E-state index contributed by atoms with van der Waals surface area (Å²) in [5, 5.41) is 13.1. The fourth-order valence-electron chi connectivity index (χ4n) is 3.53. The zero-order chi connectivity index (χ0) is 25.4. The second-order valence-electron chi connectivity index (χ2n) is 7.68. The average Bonchev–Trinajstić information content (AvgIpc) is 3.30. The number of carbonyl (C=O) groups is 2. The lowest BCUT2D eigenvalue weighted by Gasteiger charge is -2.34. The molecule has 1 aromatic heterocycles. The number of hydrazone groups is 1. The first-order valence-corrected chi connectivity index (χ1v) is 11.5. The van der Waals surface area contributed by atoms with E-state index in [1.165, 1.54) is 24.6 Å². The lowest BCUT2D eigenvalue weighted by Crippen LogP contribution is -2.49. The Kier molecular flexibility index (Phi) is 9.13. The summed E-state index contributed by atoms with van der Waals surface area (Å²) < 4.78 is 50.3. The molecular weight excluding hydrogens is 491 g/mol. The van der Waals surface area contributed by atoms with Crippen molar-refractivity contribution in [2.45, 2.75) is 18.6 Å². The molecule has 0 radical (unpaired) electrons. The smallest absolute Gasteiger partial charge is 0.382 e. The molecular formula is C20H24F3N7O4S. The van der Waals surface area contributed by atoms with E-state index in [-0.39, 0.29) is 32.1 Å². The molecule has 3 heterocycles. The lowest BCUT2D eigenvalue weighted by atomic mass is 10.0. The monoisotopic (exact) mass is 515 g/mol. The third kappa shape index (κ3) is 7.20. The van der Waals surface area contributed by atoms with Crippen molar-refractivity contribution in [1.29, 1.82) is 5.26 Å². The first kappa shape index (κ1) is 26.5. The standard InChI is InChI=1S/C20H24F3N7O4S/c1-33-11-13(27-15-10-26-28-18(32)17(15)20(21,22)23)12-34-7-2-16(31)29-3-5-30(6-4-29)19-25-9-14(8-24)35-19/h9-10,13,17H,2-7,11-12H2,1H3,(H,28,32)/t13-,17?/m0/s1. The molecule has 35 heavy (non-hydrogen) atoms. The van der Waals surface area contributed by atoms with Crippen LogP contribution in [0.2, 0.25) is 0 Å². The van der Waals surface area contributed by atoms with Crippen LogP contribution in [0.3, 0.4) is 0 Å². The number of alkyl halides is 3. The van der Waals surface area contributed by atoms with E-state index in [0.29, 0.717) is 31.1 Å². The van der Waals surface area contributed by atoms with Crippen molar-refractivity contribution in [2.75, 3.05) is 58.0 Å². The molecule has 190 valence electrons. The second-order valence-corrected chi connectivity index (χ2v) is 8.69. The molecule has 11 nitrogen and oxygen atoms in total. The number of ether oxygens (including phenoxy) is 2. The van der Waals surface area contributed by atoms with Crippen LogP contribution in [0, 0.1) is 17.2 Å². The van der Waals surface area contributed by atoms with Gasteiger partial charge in [0.1, 0.15) is 10.9 Å². The minimum Gasteiger partial charge on any atom is -0.382 e. The lowest BCUT2D eigenvalue weighted by molar-refractivity contribution is -0.168. The number of aromatic nitrogens is 1. The Hall–Kier alpha value is -3.09. The van der Waals surface area contributed by atoms with Gasteiger partial charge in [0.25, 0.3) is 5.91 Å². The third-order valence-corrected chi connectivity index (χ3v) is 6.19. The number of thiazole rings is 1. The molecule has 2 atom stereocenters. The molecule has 0 saturated carbocycles. The maximum absolute atomic E-state index is 13.3. The fraction of sp³-hybridized carbons (Fsp3) is 0.600. The Morgan fingerprint density at radius 1 is 1.37 bits per heavy atom. The van der Waals surface area contributed by atoms with Crippen LogP contribution in [-0.4, -0.2) is 99.0 Å². The van der Waals surface area contributed by atoms with Crippen LogP contribution >= 0.6 is 11.3 Å². The molecule has 1 fully saturated rings. The van der Waals surface area contributed by atoms with Crippen LogP contribution in [0.15, 0.2) is 16.3 Å². The van der Waals surface area contributed by atoms with Crippen molar-refractivity contribution in [3.63, 3.8) is 0 Å². The summed E-state index contributed by atoms with van der Waals surface area (Å²) >= 11 is 1.30. The number of hydrogen-bond acceptors (Lipinski definition) is 10. The van der Waals surface area contributed by atoms with Crippen LogP contribution in [0.5, 0.6) is 0 Å². The molecule has 2 amide bonds. The Morgan fingerprint density at radius 3 is 2.74 bits per heavy atom. The van der Waals surface area contributed by atoms with Crippen LogP contribution in [0.25, 0.3) is 0 Å². The van der Waals surface area contributed by atoms with E-state index in [2.05, 4.69) is 21.1 Å². The highest BCUT2D eigenvalue weighted by Gasteiger charge is 2.49. The van der Waals surface area contributed by atoms with E-state index in [0.717, 1.165) is 11.3 Å². The van der Waals surface area contributed by atoms with Gasteiger partial charge in [-0.3, -0.25) is 14.6 Å². The summed E-state index contributed by atoms with van der Waals surface area (Å²) in [6.45, 7) is 2.11. The molecule has 3 rings (SSSR count). The molecule has 0 aliphatic carbocycles. The van der Waals surface area contributed by atoms with Gasteiger partial charge >= 0.3 is 6.18 Å². The molecule has 1 N–H and O–H groups in total. The number of aliphatic imine (C=N–C) groups is 1. The summed E-state index contributed by atoms with van der Waals surface area (Å²) in [6.07, 6.45) is -2.34. The largest absolute Gasteiger partial charge is 0.406 e. The van der Waals surface area contributed by atoms with Gasteiger partial charge in [0.05, 0.1) is 50.4 Å². The second kappa shape index (κ2) is 12.0. The Labute approximate surface area is 203 Å². The summed E-state index contributed by atoms with van der Waals surface area (Å²) in [6, 6.07) is 1.24. The van der Waals surface area contributed by atoms with Crippen LogP contribution in [0.1, 0.15) is 11.3 Å².